The van der Waals surface area contributed by atoms with E-state index in [0.29, 0.717) is 6.54 Å². The van der Waals surface area contributed by atoms with E-state index in [0.717, 1.165) is 16.5 Å². The molecule has 0 aliphatic carbocycles. The molecule has 0 unspecified atom stereocenters. The molecule has 0 bridgehead atoms. The zero-order valence-electron chi connectivity index (χ0n) is 9.74. The average molecular weight is 242 g/mol. The summed E-state index contributed by atoms with van der Waals surface area (Å²) in [7, 11) is 0. The van der Waals surface area contributed by atoms with Gasteiger partial charge >= 0.3 is 0 Å². The van der Waals surface area contributed by atoms with Crippen molar-refractivity contribution in [3.8, 4) is 0 Å². The number of guanidine groups is 2. The molecule has 6 heteroatoms. The summed E-state index contributed by atoms with van der Waals surface area (Å²) in [6.45, 7) is 0.386. The second-order valence-electron chi connectivity index (χ2n) is 3.70. The normalized spacial score (nSPS) is 11.4. The molecule has 6 nitrogen and oxygen atoms in total. The van der Waals surface area contributed by atoms with E-state index in [1.54, 1.807) is 6.20 Å². The van der Waals surface area contributed by atoms with Gasteiger partial charge in [0.2, 0.25) is 5.96 Å². The molecule has 0 aliphatic rings. The molecule has 0 atom stereocenters. The number of aliphatic imine (C=N–C) groups is 2. The Bertz CT molecular complexity index is 607. The second-order valence-corrected chi connectivity index (χ2v) is 3.70. The monoisotopic (exact) mass is 242 g/mol. The maximum Gasteiger partial charge on any atom is 0.218 e. The fourth-order valence-electron chi connectivity index (χ4n) is 1.63. The van der Waals surface area contributed by atoms with E-state index < -0.39 is 0 Å². The summed E-state index contributed by atoms with van der Waals surface area (Å²) in [6, 6.07) is 9.78. The van der Waals surface area contributed by atoms with Crippen LogP contribution in [-0.4, -0.2) is 16.9 Å². The molecule has 6 N–H and O–H groups in total. The molecular formula is C12H14N6. The Balaban J connectivity index is 2.30. The predicted molar refractivity (Wildman–Crippen MR) is 72.9 cm³/mol. The Morgan fingerprint density at radius 1 is 1.11 bits per heavy atom. The van der Waals surface area contributed by atoms with Gasteiger partial charge in [-0.15, -0.1) is 0 Å². The van der Waals surface area contributed by atoms with Crippen LogP contribution in [0.4, 0.5) is 0 Å². The number of nitrogens with zero attached hydrogens (tertiary/aromatic N) is 3. The van der Waals surface area contributed by atoms with Crippen molar-refractivity contribution >= 4 is 22.8 Å². The molecular weight excluding hydrogens is 228 g/mol. The van der Waals surface area contributed by atoms with Crippen LogP contribution < -0.4 is 17.2 Å². The highest BCUT2D eigenvalue weighted by Gasteiger charge is 2.00. The average Bonchev–Trinajstić information content (AvgIpc) is 2.35. The third-order valence-electron chi connectivity index (χ3n) is 2.37. The van der Waals surface area contributed by atoms with Gasteiger partial charge in [0.25, 0.3) is 0 Å². The van der Waals surface area contributed by atoms with E-state index in [1.165, 1.54) is 0 Å². The molecule has 2 rings (SSSR count). The number of hydrogen-bond acceptors (Lipinski definition) is 2. The van der Waals surface area contributed by atoms with Crippen LogP contribution in [0.5, 0.6) is 0 Å². The third-order valence-corrected chi connectivity index (χ3v) is 2.37. The number of hydrogen-bond donors (Lipinski definition) is 3. The Labute approximate surface area is 104 Å². The van der Waals surface area contributed by atoms with Crippen LogP contribution >= 0.6 is 0 Å². The summed E-state index contributed by atoms with van der Waals surface area (Å²) in [5, 5.41) is 1.06. The molecule has 92 valence electrons. The van der Waals surface area contributed by atoms with Gasteiger partial charge in [0.15, 0.2) is 5.96 Å². The van der Waals surface area contributed by atoms with Gasteiger partial charge in [0, 0.05) is 11.6 Å². The van der Waals surface area contributed by atoms with E-state index >= 15 is 0 Å². The van der Waals surface area contributed by atoms with Crippen molar-refractivity contribution < 1.29 is 0 Å². The van der Waals surface area contributed by atoms with Crippen LogP contribution in [0.3, 0.4) is 0 Å². The predicted octanol–water partition coefficient (Wildman–Crippen LogP) is 0.323. The molecule has 1 aromatic heterocycles. The molecule has 1 aromatic carbocycles. The van der Waals surface area contributed by atoms with Crippen LogP contribution in [0.2, 0.25) is 0 Å². The lowest BCUT2D eigenvalue weighted by Gasteiger charge is -2.02. The zero-order valence-corrected chi connectivity index (χ0v) is 9.74. The molecule has 0 spiro atoms. The summed E-state index contributed by atoms with van der Waals surface area (Å²) in [4.78, 5) is 12.1. The zero-order chi connectivity index (χ0) is 13.0. The van der Waals surface area contributed by atoms with Crippen LogP contribution in [0.1, 0.15) is 5.56 Å². The molecule has 18 heavy (non-hydrogen) atoms. The first-order valence-corrected chi connectivity index (χ1v) is 5.39. The lowest BCUT2D eigenvalue weighted by atomic mass is 10.1. The van der Waals surface area contributed by atoms with Crippen molar-refractivity contribution in [3.63, 3.8) is 0 Å². The summed E-state index contributed by atoms with van der Waals surface area (Å²) in [5.74, 6) is -0.0461. The van der Waals surface area contributed by atoms with E-state index in [1.807, 2.05) is 30.3 Å². The van der Waals surface area contributed by atoms with Crippen LogP contribution in [0, 0.1) is 0 Å². The first-order valence-electron chi connectivity index (χ1n) is 5.39. The maximum atomic E-state index is 5.55. The van der Waals surface area contributed by atoms with Crippen molar-refractivity contribution in [3.05, 3.63) is 42.1 Å². The van der Waals surface area contributed by atoms with Crippen molar-refractivity contribution in [2.24, 2.45) is 27.2 Å². The van der Waals surface area contributed by atoms with E-state index in [4.69, 9.17) is 17.2 Å². The fourth-order valence-corrected chi connectivity index (χ4v) is 1.63. The quantitative estimate of drug-likeness (QED) is 0.519. The number of rotatable bonds is 2. The minimum atomic E-state index is -0.104. The first-order chi connectivity index (χ1) is 8.66. The minimum absolute atomic E-state index is 0.0583. The van der Waals surface area contributed by atoms with Gasteiger partial charge in [0.05, 0.1) is 12.1 Å². The van der Waals surface area contributed by atoms with Crippen molar-refractivity contribution in [1.29, 1.82) is 0 Å². The molecule has 0 saturated carbocycles. The second kappa shape index (κ2) is 5.13. The molecule has 1 heterocycles. The molecule has 0 aliphatic heterocycles. The van der Waals surface area contributed by atoms with Gasteiger partial charge in [-0.25, -0.2) is 4.99 Å². The number of para-hydroxylation sites is 1. The van der Waals surface area contributed by atoms with Gasteiger partial charge in [-0.2, -0.15) is 4.99 Å². The number of fused-ring (bicyclic) bond motifs is 1. The number of aromatic nitrogens is 1. The van der Waals surface area contributed by atoms with Crippen LogP contribution in [0.15, 0.2) is 46.5 Å². The summed E-state index contributed by atoms with van der Waals surface area (Å²) >= 11 is 0. The Morgan fingerprint density at radius 2 is 1.89 bits per heavy atom. The van der Waals surface area contributed by atoms with Gasteiger partial charge in [-0.05, 0) is 11.6 Å². The van der Waals surface area contributed by atoms with Crippen LogP contribution in [-0.2, 0) is 6.54 Å². The Morgan fingerprint density at radius 3 is 2.67 bits per heavy atom. The topological polar surface area (TPSA) is 116 Å². The highest BCUT2D eigenvalue weighted by molar-refractivity contribution is 5.92. The van der Waals surface area contributed by atoms with Crippen molar-refractivity contribution in [1.82, 2.24) is 4.98 Å². The van der Waals surface area contributed by atoms with E-state index in [9.17, 15) is 0 Å². The van der Waals surface area contributed by atoms with Gasteiger partial charge in [0.1, 0.15) is 0 Å². The molecule has 0 radical (unpaired) electrons. The van der Waals surface area contributed by atoms with Crippen molar-refractivity contribution in [2.45, 2.75) is 6.54 Å². The summed E-state index contributed by atoms with van der Waals surface area (Å²) < 4.78 is 0. The summed E-state index contributed by atoms with van der Waals surface area (Å²) in [5.41, 5.74) is 17.8. The molecule has 0 amide bonds. The standard InChI is InChI=1S/C12H14N6/c13-11(14)18-12(15)17-7-9-4-1-3-8-5-2-6-16-10(8)9/h1-6H,7H2,(H6,13,14,15,17,18). The highest BCUT2D eigenvalue weighted by Crippen LogP contribution is 2.16. The van der Waals surface area contributed by atoms with E-state index in [2.05, 4.69) is 15.0 Å². The lowest BCUT2D eigenvalue weighted by Crippen LogP contribution is -2.26. The fraction of sp³-hybridized carbons (Fsp3) is 0.0833. The minimum Gasteiger partial charge on any atom is -0.370 e. The van der Waals surface area contributed by atoms with Crippen LogP contribution in [0.25, 0.3) is 10.9 Å². The third kappa shape index (κ3) is 2.73. The largest absolute Gasteiger partial charge is 0.370 e. The van der Waals surface area contributed by atoms with Gasteiger partial charge < -0.3 is 17.2 Å². The molecule has 2 aromatic rings. The smallest absolute Gasteiger partial charge is 0.218 e. The number of benzene rings is 1. The SMILES string of the molecule is NC(N)=NC(N)=NCc1cccc2cccnc12. The molecule has 0 saturated heterocycles. The lowest BCUT2D eigenvalue weighted by molar-refractivity contribution is 1.06. The summed E-state index contributed by atoms with van der Waals surface area (Å²) in [6.07, 6.45) is 1.74. The maximum absolute atomic E-state index is 5.55. The Hall–Kier alpha value is -2.63. The number of pyridine rings is 1. The van der Waals surface area contributed by atoms with Crippen molar-refractivity contribution in [2.75, 3.05) is 0 Å². The number of nitrogens with two attached hydrogens (primary N) is 3. The van der Waals surface area contributed by atoms with Gasteiger partial charge in [-0.3, -0.25) is 4.98 Å². The first kappa shape index (κ1) is 11.8. The highest BCUT2D eigenvalue weighted by atomic mass is 15.1. The molecule has 0 fully saturated rings. The Kier molecular flexibility index (Phi) is 3.38. The van der Waals surface area contributed by atoms with Gasteiger partial charge in [-0.1, -0.05) is 24.3 Å². The van der Waals surface area contributed by atoms with E-state index in [-0.39, 0.29) is 11.9 Å².